The van der Waals surface area contributed by atoms with E-state index in [4.69, 9.17) is 9.47 Å². The number of carbonyl (C=O) groups is 2. The van der Waals surface area contributed by atoms with Gasteiger partial charge in [0, 0.05) is 0 Å². The number of ether oxygens (including phenoxy) is 2. The van der Waals surface area contributed by atoms with Crippen LogP contribution in [0.3, 0.4) is 0 Å². The largest absolute Gasteiger partial charge is 0.465 e. The van der Waals surface area contributed by atoms with Crippen LogP contribution in [0, 0.1) is 35.5 Å². The first-order chi connectivity index (χ1) is 10.1. The van der Waals surface area contributed by atoms with E-state index in [-0.39, 0.29) is 35.6 Å². The van der Waals surface area contributed by atoms with Gasteiger partial charge >= 0.3 is 11.9 Å². The molecule has 0 fully saturated rings. The van der Waals surface area contributed by atoms with Crippen LogP contribution in [-0.2, 0) is 19.1 Å². The Morgan fingerprint density at radius 2 is 0.909 bits per heavy atom. The van der Waals surface area contributed by atoms with Crippen molar-refractivity contribution >= 4 is 11.9 Å². The molecule has 0 saturated carbocycles. The molecule has 0 aromatic rings. The Labute approximate surface area is 135 Å². The van der Waals surface area contributed by atoms with Gasteiger partial charge in [-0.05, 0) is 23.7 Å². The van der Waals surface area contributed by atoms with E-state index in [2.05, 4.69) is 0 Å². The molecule has 0 bridgehead atoms. The number of esters is 2. The zero-order valence-electron chi connectivity index (χ0n) is 15.5. The Balaban J connectivity index is 5.10. The SMILES string of the molecule is CC(C)COC(=O)C(C(C)C)C(C(=O)OCC(C)C)C(C)C. The average Bonchev–Trinajstić information content (AvgIpc) is 2.38. The smallest absolute Gasteiger partial charge is 0.310 e. The fraction of sp³-hybridized carbons (Fsp3) is 0.889. The number of rotatable bonds is 9. The normalized spacial score (nSPS) is 14.5. The standard InChI is InChI=1S/C18H34O4/c1-11(2)9-21-17(19)15(13(5)6)16(14(7)8)18(20)22-10-12(3)4/h11-16H,9-10H2,1-8H3. The highest BCUT2D eigenvalue weighted by atomic mass is 16.5. The summed E-state index contributed by atoms with van der Waals surface area (Å²) >= 11 is 0. The molecule has 0 aliphatic rings. The number of carbonyl (C=O) groups excluding carboxylic acids is 2. The second-order valence-corrected chi connectivity index (χ2v) is 7.59. The summed E-state index contributed by atoms with van der Waals surface area (Å²) in [5.74, 6) is -0.883. The molecular weight excluding hydrogens is 280 g/mol. The van der Waals surface area contributed by atoms with Gasteiger partial charge < -0.3 is 9.47 Å². The topological polar surface area (TPSA) is 52.6 Å². The molecule has 0 aromatic carbocycles. The highest BCUT2D eigenvalue weighted by Crippen LogP contribution is 2.30. The molecule has 0 rings (SSSR count). The summed E-state index contributed by atoms with van der Waals surface area (Å²) in [5, 5.41) is 0. The molecule has 0 aliphatic carbocycles. The third-order valence-electron chi connectivity index (χ3n) is 3.49. The van der Waals surface area contributed by atoms with Gasteiger partial charge in [0.15, 0.2) is 0 Å². The Morgan fingerprint density at radius 3 is 1.09 bits per heavy atom. The van der Waals surface area contributed by atoms with Gasteiger partial charge in [0.25, 0.3) is 0 Å². The monoisotopic (exact) mass is 314 g/mol. The maximum atomic E-state index is 12.4. The van der Waals surface area contributed by atoms with E-state index in [1.165, 1.54) is 0 Å². The second-order valence-electron chi connectivity index (χ2n) is 7.59. The lowest BCUT2D eigenvalue weighted by Gasteiger charge is -2.30. The van der Waals surface area contributed by atoms with Crippen molar-refractivity contribution in [3.05, 3.63) is 0 Å². The molecule has 130 valence electrons. The van der Waals surface area contributed by atoms with Crippen molar-refractivity contribution in [1.82, 2.24) is 0 Å². The van der Waals surface area contributed by atoms with Gasteiger partial charge in [-0.2, -0.15) is 0 Å². The molecule has 0 heterocycles. The van der Waals surface area contributed by atoms with E-state index in [0.29, 0.717) is 13.2 Å². The van der Waals surface area contributed by atoms with Crippen LogP contribution >= 0.6 is 0 Å². The van der Waals surface area contributed by atoms with Crippen molar-refractivity contribution in [3.8, 4) is 0 Å². The molecule has 22 heavy (non-hydrogen) atoms. The van der Waals surface area contributed by atoms with Gasteiger partial charge in [-0.1, -0.05) is 55.4 Å². The van der Waals surface area contributed by atoms with Crippen LogP contribution in [0.2, 0.25) is 0 Å². The summed E-state index contributed by atoms with van der Waals surface area (Å²) < 4.78 is 10.8. The number of hydrogen-bond acceptors (Lipinski definition) is 4. The molecule has 2 atom stereocenters. The van der Waals surface area contributed by atoms with Crippen LogP contribution in [0.1, 0.15) is 55.4 Å². The minimum absolute atomic E-state index is 0.0265. The summed E-state index contributed by atoms with van der Waals surface area (Å²) in [5.41, 5.74) is 0. The van der Waals surface area contributed by atoms with Crippen molar-refractivity contribution in [1.29, 1.82) is 0 Å². The minimum Gasteiger partial charge on any atom is -0.465 e. The third-order valence-corrected chi connectivity index (χ3v) is 3.49. The van der Waals surface area contributed by atoms with Crippen LogP contribution in [0.5, 0.6) is 0 Å². The van der Waals surface area contributed by atoms with Crippen molar-refractivity contribution in [2.45, 2.75) is 55.4 Å². The lowest BCUT2D eigenvalue weighted by Crippen LogP contribution is -2.39. The van der Waals surface area contributed by atoms with Gasteiger partial charge in [-0.3, -0.25) is 9.59 Å². The van der Waals surface area contributed by atoms with Gasteiger partial charge in [-0.15, -0.1) is 0 Å². The molecule has 0 spiro atoms. The summed E-state index contributed by atoms with van der Waals surface area (Å²) in [6.07, 6.45) is 0. The Hall–Kier alpha value is -1.06. The zero-order valence-corrected chi connectivity index (χ0v) is 15.5. The lowest BCUT2D eigenvalue weighted by atomic mass is 9.77. The first-order valence-corrected chi connectivity index (χ1v) is 8.41. The molecule has 0 aliphatic heterocycles. The second kappa shape index (κ2) is 9.86. The maximum Gasteiger partial charge on any atom is 0.310 e. The van der Waals surface area contributed by atoms with E-state index in [1.807, 2.05) is 55.4 Å². The Bertz CT molecular complexity index is 311. The van der Waals surface area contributed by atoms with Crippen LogP contribution < -0.4 is 0 Å². The van der Waals surface area contributed by atoms with Crippen molar-refractivity contribution < 1.29 is 19.1 Å². The molecule has 0 aromatic heterocycles. The molecule has 0 saturated heterocycles. The van der Waals surface area contributed by atoms with E-state index >= 15 is 0 Å². The van der Waals surface area contributed by atoms with Crippen molar-refractivity contribution in [3.63, 3.8) is 0 Å². The van der Waals surface area contributed by atoms with Gasteiger partial charge in [0.2, 0.25) is 0 Å². The minimum atomic E-state index is -0.460. The fourth-order valence-corrected chi connectivity index (χ4v) is 2.36. The highest BCUT2D eigenvalue weighted by Gasteiger charge is 2.40. The van der Waals surface area contributed by atoms with E-state index in [1.54, 1.807) is 0 Å². The van der Waals surface area contributed by atoms with E-state index in [0.717, 1.165) is 0 Å². The average molecular weight is 314 g/mol. The van der Waals surface area contributed by atoms with Crippen LogP contribution in [0.25, 0.3) is 0 Å². The molecule has 0 amide bonds. The lowest BCUT2D eigenvalue weighted by molar-refractivity contribution is -0.166. The molecular formula is C18H34O4. The first kappa shape index (κ1) is 20.9. The first-order valence-electron chi connectivity index (χ1n) is 8.41. The summed E-state index contributed by atoms with van der Waals surface area (Å²) in [6, 6.07) is 0. The van der Waals surface area contributed by atoms with Gasteiger partial charge in [-0.25, -0.2) is 0 Å². The summed E-state index contributed by atoms with van der Waals surface area (Å²) in [6.45, 7) is 16.5. The molecule has 0 N–H and O–H groups in total. The predicted molar refractivity (Wildman–Crippen MR) is 88.3 cm³/mol. The fourth-order valence-electron chi connectivity index (χ4n) is 2.36. The zero-order chi connectivity index (χ0) is 17.4. The Kier molecular flexibility index (Phi) is 9.38. The molecule has 4 nitrogen and oxygen atoms in total. The summed E-state index contributed by atoms with van der Waals surface area (Å²) in [4.78, 5) is 24.9. The Morgan fingerprint density at radius 1 is 0.636 bits per heavy atom. The van der Waals surface area contributed by atoms with Gasteiger partial charge in [0.1, 0.15) is 0 Å². The summed E-state index contributed by atoms with van der Waals surface area (Å²) in [7, 11) is 0. The molecule has 2 unspecified atom stereocenters. The van der Waals surface area contributed by atoms with Crippen molar-refractivity contribution in [2.75, 3.05) is 13.2 Å². The van der Waals surface area contributed by atoms with Crippen LogP contribution in [0.4, 0.5) is 0 Å². The predicted octanol–water partition coefficient (Wildman–Crippen LogP) is 3.93. The van der Waals surface area contributed by atoms with Crippen LogP contribution in [0.15, 0.2) is 0 Å². The third kappa shape index (κ3) is 7.28. The molecule has 0 radical (unpaired) electrons. The molecule has 4 heteroatoms. The van der Waals surface area contributed by atoms with Gasteiger partial charge in [0.05, 0.1) is 25.0 Å². The highest BCUT2D eigenvalue weighted by molar-refractivity contribution is 5.82. The number of hydrogen-bond donors (Lipinski definition) is 0. The quantitative estimate of drug-likeness (QED) is 0.605. The maximum absolute atomic E-state index is 12.4. The van der Waals surface area contributed by atoms with E-state index in [9.17, 15) is 9.59 Å². The van der Waals surface area contributed by atoms with E-state index < -0.39 is 11.8 Å². The van der Waals surface area contributed by atoms with Crippen molar-refractivity contribution in [2.24, 2.45) is 35.5 Å². The van der Waals surface area contributed by atoms with Crippen LogP contribution in [-0.4, -0.2) is 25.2 Å².